The Morgan fingerprint density at radius 2 is 0.714 bits per heavy atom. The van der Waals surface area contributed by atoms with Crippen LogP contribution in [0.4, 0.5) is 34.1 Å². The van der Waals surface area contributed by atoms with Crippen LogP contribution < -0.4 is 26.2 Å². The number of fused-ring (bicyclic) bond motifs is 11. The molecule has 358 valence electrons. The lowest BCUT2D eigenvalue weighted by atomic mass is 9.33. The molecule has 0 fully saturated rings. The third kappa shape index (κ3) is 6.67. The molecule has 0 N–H and O–H groups in total. The summed E-state index contributed by atoms with van der Waals surface area (Å²) in [5.41, 5.74) is 24.7. The lowest BCUT2D eigenvalue weighted by molar-refractivity contribution is 1.16. The second kappa shape index (κ2) is 17.2. The van der Waals surface area contributed by atoms with Gasteiger partial charge in [-0.05, 0) is 129 Å². The van der Waals surface area contributed by atoms with Crippen LogP contribution in [0.5, 0.6) is 0 Å². The summed E-state index contributed by atoms with van der Waals surface area (Å²) in [4.78, 5) is 5.18. The zero-order valence-corrected chi connectivity index (χ0v) is 42.0. The van der Waals surface area contributed by atoms with Crippen molar-refractivity contribution in [1.29, 1.82) is 0 Å². The van der Waals surface area contributed by atoms with Gasteiger partial charge in [0.05, 0.1) is 33.4 Å². The van der Waals surface area contributed by atoms with Gasteiger partial charge in [0.25, 0.3) is 6.71 Å². The Morgan fingerprint density at radius 1 is 0.247 bits per heavy atom. The van der Waals surface area contributed by atoms with E-state index in [-0.39, 0.29) is 6.71 Å². The van der Waals surface area contributed by atoms with Gasteiger partial charge in [-0.1, -0.05) is 206 Å². The Kier molecular flexibility index (Phi) is 9.70. The average molecular weight is 979 g/mol. The highest BCUT2D eigenvalue weighted by molar-refractivity contribution is 7.00. The molecule has 77 heavy (non-hydrogen) atoms. The van der Waals surface area contributed by atoms with Crippen molar-refractivity contribution in [2.24, 2.45) is 0 Å². The highest BCUT2D eigenvalue weighted by atomic mass is 15.2. The van der Waals surface area contributed by atoms with Crippen molar-refractivity contribution in [3.63, 3.8) is 0 Å². The molecule has 2 aliphatic heterocycles. The third-order valence-corrected chi connectivity index (χ3v) is 16.3. The number of rotatable bonds is 7. The van der Waals surface area contributed by atoms with Crippen molar-refractivity contribution in [3.05, 3.63) is 285 Å². The first-order valence-electron chi connectivity index (χ1n) is 26.6. The summed E-state index contributed by atoms with van der Waals surface area (Å²) in [5, 5.41) is 4.89. The van der Waals surface area contributed by atoms with Gasteiger partial charge in [-0.25, -0.2) is 0 Å². The van der Waals surface area contributed by atoms with Crippen molar-refractivity contribution in [2.45, 2.75) is 0 Å². The van der Waals surface area contributed by atoms with Crippen LogP contribution in [0.1, 0.15) is 0 Å². The summed E-state index contributed by atoms with van der Waals surface area (Å²) < 4.78 is 4.96. The van der Waals surface area contributed by atoms with Crippen LogP contribution in [0.15, 0.2) is 285 Å². The second-order valence-corrected chi connectivity index (χ2v) is 20.4. The highest BCUT2D eigenvalue weighted by Crippen LogP contribution is 2.50. The Labute approximate surface area is 447 Å². The Bertz CT molecular complexity index is 4570. The molecule has 2 aromatic heterocycles. The molecule has 4 nitrogen and oxygen atoms in total. The first-order chi connectivity index (χ1) is 38.2. The van der Waals surface area contributed by atoms with Crippen LogP contribution >= 0.6 is 0 Å². The third-order valence-electron chi connectivity index (χ3n) is 16.3. The lowest BCUT2D eigenvalue weighted by Crippen LogP contribution is -2.61. The molecule has 2 aliphatic rings. The summed E-state index contributed by atoms with van der Waals surface area (Å²) in [6, 6.07) is 105. The number of nitrogens with zero attached hydrogens (tertiary/aromatic N) is 4. The minimum atomic E-state index is -0.141. The monoisotopic (exact) mass is 978 g/mol. The van der Waals surface area contributed by atoms with Crippen molar-refractivity contribution < 1.29 is 0 Å². The van der Waals surface area contributed by atoms with Crippen molar-refractivity contribution >= 4 is 101 Å². The fourth-order valence-corrected chi connectivity index (χ4v) is 13.0. The molecule has 14 aromatic rings. The predicted molar refractivity (Wildman–Crippen MR) is 325 cm³/mol. The molecule has 0 aliphatic carbocycles. The maximum absolute atomic E-state index is 2.63. The van der Waals surface area contributed by atoms with Gasteiger partial charge in [-0.15, -0.1) is 0 Å². The summed E-state index contributed by atoms with van der Waals surface area (Å²) >= 11 is 0. The van der Waals surface area contributed by atoms with E-state index >= 15 is 0 Å². The van der Waals surface area contributed by atoms with Gasteiger partial charge in [0.2, 0.25) is 0 Å². The van der Waals surface area contributed by atoms with E-state index in [1.165, 1.54) is 88.0 Å². The normalized spacial score (nSPS) is 12.6. The maximum atomic E-state index is 2.63. The Hall–Kier alpha value is -10.1. The molecule has 4 heterocycles. The van der Waals surface area contributed by atoms with Gasteiger partial charge in [0, 0.05) is 55.7 Å². The highest BCUT2D eigenvalue weighted by Gasteiger charge is 2.45. The molecule has 5 heteroatoms. The molecule has 0 radical (unpaired) electrons. The molecule has 12 aromatic carbocycles. The Balaban J connectivity index is 1.07. The fourth-order valence-electron chi connectivity index (χ4n) is 13.0. The zero-order valence-electron chi connectivity index (χ0n) is 42.0. The van der Waals surface area contributed by atoms with Gasteiger partial charge >= 0.3 is 0 Å². The molecule has 0 saturated carbocycles. The standard InChI is InChI=1S/C72H47BN4/c1-5-20-48(21-6-1)51-36-39-55(40-37-51)75-66-42-38-53(50-24-9-3-10-25-50)45-62(66)73-61-41-43-67-70(60-32-15-18-35-65(60)74(67)54-27-11-4-12-28-54)72(61)77(56-29-19-26-52(44-56)49-22-7-2-8-23-49)69-47-57(46-68(75)71(69)73)76-63-33-16-13-30-58(63)59-31-14-17-34-64(59)76/h1-47H. The molecule has 0 saturated heterocycles. The van der Waals surface area contributed by atoms with E-state index in [0.29, 0.717) is 0 Å². The number of aromatic nitrogens is 2. The number of hydrogen-bond donors (Lipinski definition) is 0. The maximum Gasteiger partial charge on any atom is 0.252 e. The molecule has 0 bridgehead atoms. The van der Waals surface area contributed by atoms with Gasteiger partial charge in [0.15, 0.2) is 0 Å². The van der Waals surface area contributed by atoms with E-state index < -0.39 is 0 Å². The number of benzene rings is 12. The summed E-state index contributed by atoms with van der Waals surface area (Å²) in [7, 11) is 0. The smallest absolute Gasteiger partial charge is 0.252 e. The summed E-state index contributed by atoms with van der Waals surface area (Å²) in [6.07, 6.45) is 0. The number of hydrogen-bond acceptors (Lipinski definition) is 2. The molecule has 0 unspecified atom stereocenters. The first kappa shape index (κ1) is 43.3. The van der Waals surface area contributed by atoms with Crippen LogP contribution in [-0.2, 0) is 0 Å². The molecular formula is C72H47BN4. The van der Waals surface area contributed by atoms with E-state index in [4.69, 9.17) is 0 Å². The van der Waals surface area contributed by atoms with Crippen molar-refractivity contribution in [1.82, 2.24) is 9.13 Å². The average Bonchev–Trinajstić information content (AvgIpc) is 4.27. The summed E-state index contributed by atoms with van der Waals surface area (Å²) in [6.45, 7) is -0.141. The summed E-state index contributed by atoms with van der Waals surface area (Å²) in [5.74, 6) is 0. The van der Waals surface area contributed by atoms with Crippen LogP contribution in [0.3, 0.4) is 0 Å². The van der Waals surface area contributed by atoms with E-state index in [0.717, 1.165) is 50.9 Å². The van der Waals surface area contributed by atoms with Crippen LogP contribution in [0.2, 0.25) is 0 Å². The largest absolute Gasteiger partial charge is 0.311 e. The molecule has 0 spiro atoms. The van der Waals surface area contributed by atoms with E-state index in [1.54, 1.807) is 0 Å². The lowest BCUT2D eigenvalue weighted by Gasteiger charge is -2.45. The zero-order chi connectivity index (χ0) is 50.6. The predicted octanol–water partition coefficient (Wildman–Crippen LogP) is 17.0. The van der Waals surface area contributed by atoms with Crippen LogP contribution in [0.25, 0.3) is 88.4 Å². The molecule has 0 atom stereocenters. The SMILES string of the molecule is c1ccc(-c2ccc(N3c4ccc(-c5ccccc5)cc4B4c5ccc6c(c5N(c5cccc(-c7ccccc7)c5)c5cc(-n7c8ccccc8c8ccccc87)cc3c54)c3ccccc3n6-c3ccccc3)cc2)cc1. The van der Waals surface area contributed by atoms with E-state index in [2.05, 4.69) is 304 Å². The van der Waals surface area contributed by atoms with Gasteiger partial charge in [-0.3, -0.25) is 0 Å². The fraction of sp³-hybridized carbons (Fsp3) is 0. The Morgan fingerprint density at radius 3 is 1.35 bits per heavy atom. The van der Waals surface area contributed by atoms with Gasteiger partial charge in [0.1, 0.15) is 0 Å². The van der Waals surface area contributed by atoms with Crippen LogP contribution in [0, 0.1) is 0 Å². The second-order valence-electron chi connectivity index (χ2n) is 20.4. The van der Waals surface area contributed by atoms with Crippen LogP contribution in [-0.4, -0.2) is 15.8 Å². The topological polar surface area (TPSA) is 16.3 Å². The number of para-hydroxylation sites is 4. The minimum absolute atomic E-state index is 0.141. The first-order valence-corrected chi connectivity index (χ1v) is 26.6. The van der Waals surface area contributed by atoms with Crippen molar-refractivity contribution in [3.8, 4) is 44.8 Å². The van der Waals surface area contributed by atoms with Crippen molar-refractivity contribution in [2.75, 3.05) is 9.80 Å². The molecule has 0 amide bonds. The van der Waals surface area contributed by atoms with Gasteiger partial charge in [-0.2, -0.15) is 0 Å². The van der Waals surface area contributed by atoms with E-state index in [1.807, 2.05) is 0 Å². The quantitative estimate of drug-likeness (QED) is 0.148. The van der Waals surface area contributed by atoms with Gasteiger partial charge < -0.3 is 18.9 Å². The molecule has 16 rings (SSSR count). The number of anilines is 6. The molecular weight excluding hydrogens is 932 g/mol. The van der Waals surface area contributed by atoms with E-state index in [9.17, 15) is 0 Å². The minimum Gasteiger partial charge on any atom is -0.311 e.